The normalized spacial score (nSPS) is 11.0. The topological polar surface area (TPSA) is 106 Å². The van der Waals surface area contributed by atoms with Crippen LogP contribution in [0.5, 0.6) is 0 Å². The molecule has 5 nitrogen and oxygen atoms in total. The highest BCUT2D eigenvalue weighted by Gasteiger charge is 2.24. The van der Waals surface area contributed by atoms with Crippen molar-refractivity contribution in [2.75, 3.05) is 0 Å². The second-order valence-corrected chi connectivity index (χ2v) is 5.59. The zero-order valence-corrected chi connectivity index (χ0v) is 12.1. The molecule has 4 N–H and O–H groups in total. The summed E-state index contributed by atoms with van der Waals surface area (Å²) in [6, 6.07) is 0. The minimum Gasteiger partial charge on any atom is -0.344 e. The van der Waals surface area contributed by atoms with E-state index in [1.807, 2.05) is 0 Å². The fourth-order valence-electron chi connectivity index (χ4n) is 2.23. The third-order valence-electron chi connectivity index (χ3n) is 3.17. The molecule has 0 bridgehead atoms. The Morgan fingerprint density at radius 1 is 0.944 bits per heavy atom. The number of hydrogen-bond acceptors (Lipinski definition) is 4. The Kier molecular flexibility index (Phi) is 4.82. The molecule has 0 aliphatic rings. The van der Waals surface area contributed by atoms with Crippen molar-refractivity contribution >= 4 is 15.9 Å². The molecule has 1 aromatic carbocycles. The van der Waals surface area contributed by atoms with Crippen molar-refractivity contribution in [1.29, 1.82) is 0 Å². The Morgan fingerprint density at radius 3 is 1.72 bits per heavy atom. The van der Waals surface area contributed by atoms with Crippen LogP contribution in [0.25, 0.3) is 0 Å². The van der Waals surface area contributed by atoms with Crippen LogP contribution < -0.4 is 6.15 Å². The van der Waals surface area contributed by atoms with Crippen molar-refractivity contribution in [2.45, 2.75) is 39.5 Å². The Balaban J connectivity index is 0.00000289. The summed E-state index contributed by atoms with van der Waals surface area (Å²) in [4.78, 5) is 11.4. The van der Waals surface area contributed by atoms with Crippen LogP contribution in [0.15, 0.2) is 4.90 Å². The zero-order valence-electron chi connectivity index (χ0n) is 11.3. The van der Waals surface area contributed by atoms with Crippen LogP contribution in [-0.4, -0.2) is 18.8 Å². The highest BCUT2D eigenvalue weighted by atomic mass is 32.2. The maximum Gasteiger partial charge on any atom is 0.295 e. The van der Waals surface area contributed by atoms with Gasteiger partial charge in [0.2, 0.25) is 0 Å². The second kappa shape index (κ2) is 5.17. The number of rotatable bonds is 2. The molecule has 102 valence electrons. The molecule has 6 heteroatoms. The van der Waals surface area contributed by atoms with E-state index in [9.17, 15) is 17.8 Å². The summed E-state index contributed by atoms with van der Waals surface area (Å²) in [7, 11) is -4.31. The Morgan fingerprint density at radius 2 is 1.39 bits per heavy atom. The highest BCUT2D eigenvalue weighted by molar-refractivity contribution is 7.86. The summed E-state index contributed by atoms with van der Waals surface area (Å²) >= 11 is 0. The first kappa shape index (κ1) is 16.8. The van der Waals surface area contributed by atoms with Gasteiger partial charge in [-0.1, -0.05) is 0 Å². The number of hydrogen-bond donors (Lipinski definition) is 2. The lowest BCUT2D eigenvalue weighted by Gasteiger charge is -2.17. The fourth-order valence-corrected chi connectivity index (χ4v) is 3.26. The van der Waals surface area contributed by atoms with Crippen LogP contribution in [0.3, 0.4) is 0 Å². The van der Waals surface area contributed by atoms with Gasteiger partial charge in [0.1, 0.15) is 4.90 Å². The first-order valence-electron chi connectivity index (χ1n) is 5.17. The number of carbonyl (C=O) groups excluding carboxylic acids is 1. The number of Topliss-reactive ketones (excluding diaryl/α,β-unsaturated/α-hetero) is 1. The molecule has 0 saturated carbocycles. The molecule has 0 saturated heterocycles. The lowest BCUT2D eigenvalue weighted by atomic mass is 9.92. The van der Waals surface area contributed by atoms with Crippen molar-refractivity contribution in [1.82, 2.24) is 6.15 Å². The van der Waals surface area contributed by atoms with Gasteiger partial charge in [0.15, 0.2) is 5.78 Å². The molecule has 1 aromatic rings. The number of carbonyl (C=O) groups is 1. The molecule has 0 atom stereocenters. The fraction of sp³-hybridized carbons (Fsp3) is 0.417. The second-order valence-electron chi connectivity index (χ2n) is 4.24. The predicted octanol–water partition coefficient (Wildman–Crippen LogP) is 2.53. The average molecular weight is 273 g/mol. The van der Waals surface area contributed by atoms with Crippen molar-refractivity contribution in [3.8, 4) is 0 Å². The summed E-state index contributed by atoms with van der Waals surface area (Å²) in [5, 5.41) is 0. The molecule has 0 aliphatic heterocycles. The van der Waals surface area contributed by atoms with E-state index in [4.69, 9.17) is 0 Å². The molecule has 0 spiro atoms. The van der Waals surface area contributed by atoms with Crippen LogP contribution >= 0.6 is 0 Å². The van der Waals surface area contributed by atoms with Gasteiger partial charge in [-0.3, -0.25) is 9.35 Å². The van der Waals surface area contributed by atoms with E-state index in [0.717, 1.165) is 5.56 Å². The van der Waals surface area contributed by atoms with Crippen molar-refractivity contribution in [2.24, 2.45) is 0 Å². The van der Waals surface area contributed by atoms with Crippen LogP contribution in [0.2, 0.25) is 0 Å². The molecule has 1 rings (SSSR count). The van der Waals surface area contributed by atoms with Gasteiger partial charge in [-0.05, 0) is 56.9 Å². The molecule has 0 heterocycles. The van der Waals surface area contributed by atoms with Gasteiger partial charge >= 0.3 is 0 Å². The van der Waals surface area contributed by atoms with Crippen molar-refractivity contribution in [3.05, 3.63) is 27.8 Å². The average Bonchev–Trinajstić information content (AvgIpc) is 2.11. The maximum atomic E-state index is 11.6. The Labute approximate surface area is 108 Å². The molecule has 18 heavy (non-hydrogen) atoms. The molecule has 0 unspecified atom stereocenters. The van der Waals surface area contributed by atoms with Gasteiger partial charge in [0.25, 0.3) is 10.1 Å². The molecule has 0 amide bonds. The van der Waals surface area contributed by atoms with Gasteiger partial charge in [-0.2, -0.15) is 8.42 Å². The number of benzene rings is 1. The first-order chi connectivity index (χ1) is 7.59. The minimum absolute atomic E-state index is 0. The zero-order chi connectivity index (χ0) is 13.5. The van der Waals surface area contributed by atoms with Crippen molar-refractivity contribution < 1.29 is 17.8 Å². The lowest BCUT2D eigenvalue weighted by Crippen LogP contribution is -2.12. The summed E-state index contributed by atoms with van der Waals surface area (Å²) in [5.41, 5.74) is 2.67. The van der Waals surface area contributed by atoms with E-state index >= 15 is 0 Å². The molecule has 0 radical (unpaired) electrons. The molecule has 0 fully saturated rings. The van der Waals surface area contributed by atoms with E-state index in [-0.39, 0.29) is 16.8 Å². The van der Waals surface area contributed by atoms with Crippen molar-refractivity contribution in [3.63, 3.8) is 0 Å². The quantitative estimate of drug-likeness (QED) is 0.636. The summed E-state index contributed by atoms with van der Waals surface area (Å²) in [6.07, 6.45) is 0. The van der Waals surface area contributed by atoms with E-state index in [2.05, 4.69) is 0 Å². The third-order valence-corrected chi connectivity index (χ3v) is 4.29. The monoisotopic (exact) mass is 273 g/mol. The van der Waals surface area contributed by atoms with Gasteiger partial charge in [0.05, 0.1) is 0 Å². The standard InChI is InChI=1S/C12H16O4S.H3N/c1-6-7(2)11(10(5)13)9(4)12(8(6)3)17(14,15)16;/h1-5H3,(H,14,15,16);1H3. The third kappa shape index (κ3) is 2.60. The van der Waals surface area contributed by atoms with Gasteiger partial charge < -0.3 is 6.15 Å². The maximum absolute atomic E-state index is 11.6. The number of ketones is 1. The molecule has 0 aliphatic carbocycles. The molecular weight excluding hydrogens is 254 g/mol. The van der Waals surface area contributed by atoms with Gasteiger partial charge in [0, 0.05) is 5.56 Å². The predicted molar refractivity (Wildman–Crippen MR) is 70.2 cm³/mol. The van der Waals surface area contributed by atoms with Crippen LogP contribution in [0.1, 0.15) is 39.5 Å². The molecular formula is C12H19NO4S. The van der Waals surface area contributed by atoms with Gasteiger partial charge in [-0.25, -0.2) is 0 Å². The van der Waals surface area contributed by atoms with E-state index in [0.29, 0.717) is 22.3 Å². The Hall–Kier alpha value is -1.24. The SMILES string of the molecule is CC(=O)c1c(C)c(C)c(C)c(S(=O)(=O)O)c1C.N. The van der Waals surface area contributed by atoms with Crippen LogP contribution in [0, 0.1) is 27.7 Å². The Bertz CT molecular complexity index is 603. The van der Waals surface area contributed by atoms with E-state index in [1.54, 1.807) is 27.7 Å². The first-order valence-corrected chi connectivity index (χ1v) is 6.61. The van der Waals surface area contributed by atoms with Crippen LogP contribution in [-0.2, 0) is 10.1 Å². The molecule has 0 aromatic heterocycles. The van der Waals surface area contributed by atoms with E-state index in [1.165, 1.54) is 6.92 Å². The van der Waals surface area contributed by atoms with Crippen LogP contribution in [0.4, 0.5) is 0 Å². The highest BCUT2D eigenvalue weighted by Crippen LogP contribution is 2.30. The summed E-state index contributed by atoms with van der Waals surface area (Å²) < 4.78 is 31.9. The van der Waals surface area contributed by atoms with Gasteiger partial charge in [-0.15, -0.1) is 0 Å². The summed E-state index contributed by atoms with van der Waals surface area (Å²) in [6.45, 7) is 8.07. The lowest BCUT2D eigenvalue weighted by molar-refractivity contribution is 0.101. The summed E-state index contributed by atoms with van der Waals surface area (Å²) in [5.74, 6) is -0.201. The minimum atomic E-state index is -4.31. The largest absolute Gasteiger partial charge is 0.344 e. The smallest absolute Gasteiger partial charge is 0.295 e. The van der Waals surface area contributed by atoms with E-state index < -0.39 is 10.1 Å².